The van der Waals surface area contributed by atoms with Crippen LogP contribution in [0.15, 0.2) is 46.8 Å². The highest BCUT2D eigenvalue weighted by Gasteiger charge is 2.20. The van der Waals surface area contributed by atoms with Gasteiger partial charge in [-0.05, 0) is 61.4 Å². The summed E-state index contributed by atoms with van der Waals surface area (Å²) in [5, 5.41) is 11.3. The van der Waals surface area contributed by atoms with Gasteiger partial charge in [-0.15, -0.1) is 35.3 Å². The summed E-state index contributed by atoms with van der Waals surface area (Å²) in [5.74, 6) is 0.927. The van der Waals surface area contributed by atoms with E-state index in [2.05, 4.69) is 52.1 Å². The van der Waals surface area contributed by atoms with Crippen LogP contribution in [0.1, 0.15) is 25.3 Å². The molecule has 0 saturated carbocycles. The zero-order valence-electron chi connectivity index (χ0n) is 15.7. The lowest BCUT2D eigenvalue weighted by molar-refractivity contribution is 0.463. The number of halogens is 2. The first kappa shape index (κ1) is 22.3. The molecule has 1 saturated heterocycles. The molecule has 2 heterocycles. The lowest BCUT2D eigenvalue weighted by atomic mass is 10.1. The Hall–Kier alpha value is -0.990. The Morgan fingerprint density at radius 1 is 1.22 bits per heavy atom. The molecule has 4 nitrogen and oxygen atoms in total. The molecule has 1 aliphatic heterocycles. The second-order valence-electron chi connectivity index (χ2n) is 6.49. The topological polar surface area (TPSA) is 39.7 Å². The van der Waals surface area contributed by atoms with Crippen molar-refractivity contribution in [1.29, 1.82) is 0 Å². The summed E-state index contributed by atoms with van der Waals surface area (Å²) >= 11 is 7.76. The van der Waals surface area contributed by atoms with Crippen molar-refractivity contribution in [1.82, 2.24) is 10.6 Å². The van der Waals surface area contributed by atoms with Gasteiger partial charge in [0.05, 0.1) is 5.00 Å². The molecule has 0 aliphatic carbocycles. The maximum absolute atomic E-state index is 5.94. The van der Waals surface area contributed by atoms with Gasteiger partial charge in [0.25, 0.3) is 0 Å². The Kier molecular flexibility index (Phi) is 9.72. The SMILES string of the molecule is CCNC(=NCCc1ccc(Cl)cc1)NC1CCN(c2cccs2)CC1.I. The first-order valence-electron chi connectivity index (χ1n) is 9.32. The molecule has 1 aromatic carbocycles. The fourth-order valence-corrected chi connectivity index (χ4v) is 4.07. The molecule has 2 aromatic rings. The highest BCUT2D eigenvalue weighted by atomic mass is 127. The van der Waals surface area contributed by atoms with Crippen LogP contribution in [-0.4, -0.2) is 38.2 Å². The molecule has 0 amide bonds. The number of rotatable bonds is 6. The molecule has 0 atom stereocenters. The van der Waals surface area contributed by atoms with Gasteiger partial charge in [0.2, 0.25) is 0 Å². The Balaban J connectivity index is 0.00000261. The van der Waals surface area contributed by atoms with Crippen molar-refractivity contribution in [2.45, 2.75) is 32.2 Å². The molecular formula is C20H28ClIN4S. The van der Waals surface area contributed by atoms with Crippen LogP contribution in [-0.2, 0) is 6.42 Å². The van der Waals surface area contributed by atoms with E-state index in [1.165, 1.54) is 10.6 Å². The van der Waals surface area contributed by atoms with Crippen molar-refractivity contribution in [3.05, 3.63) is 52.4 Å². The predicted octanol–water partition coefficient (Wildman–Crippen LogP) is 4.79. The molecular weight excluding hydrogens is 491 g/mol. The first-order valence-corrected chi connectivity index (χ1v) is 10.6. The second kappa shape index (κ2) is 11.8. The average Bonchev–Trinajstić information content (AvgIpc) is 3.19. The van der Waals surface area contributed by atoms with Crippen LogP contribution in [0.25, 0.3) is 0 Å². The van der Waals surface area contributed by atoms with Crippen LogP contribution >= 0.6 is 46.9 Å². The van der Waals surface area contributed by atoms with Gasteiger partial charge in [-0.3, -0.25) is 4.99 Å². The molecule has 1 aromatic heterocycles. The quantitative estimate of drug-likeness (QED) is 0.328. The minimum absolute atomic E-state index is 0. The maximum atomic E-state index is 5.94. The highest BCUT2D eigenvalue weighted by molar-refractivity contribution is 14.0. The largest absolute Gasteiger partial charge is 0.363 e. The minimum Gasteiger partial charge on any atom is -0.363 e. The lowest BCUT2D eigenvalue weighted by Gasteiger charge is -2.33. The smallest absolute Gasteiger partial charge is 0.191 e. The van der Waals surface area contributed by atoms with Crippen LogP contribution in [0.2, 0.25) is 5.02 Å². The third kappa shape index (κ3) is 7.16. The summed E-state index contributed by atoms with van der Waals surface area (Å²) < 4.78 is 0. The predicted molar refractivity (Wildman–Crippen MR) is 129 cm³/mol. The molecule has 0 bridgehead atoms. The fourth-order valence-electron chi connectivity index (χ4n) is 3.16. The van der Waals surface area contributed by atoms with E-state index in [-0.39, 0.29) is 24.0 Å². The zero-order chi connectivity index (χ0) is 18.2. The van der Waals surface area contributed by atoms with E-state index < -0.39 is 0 Å². The third-order valence-corrected chi connectivity index (χ3v) is 5.76. The number of nitrogens with zero attached hydrogens (tertiary/aromatic N) is 2. The van der Waals surface area contributed by atoms with Crippen LogP contribution in [0, 0.1) is 0 Å². The zero-order valence-corrected chi connectivity index (χ0v) is 19.6. The van der Waals surface area contributed by atoms with Crippen LogP contribution in [0.5, 0.6) is 0 Å². The summed E-state index contributed by atoms with van der Waals surface area (Å²) in [4.78, 5) is 7.22. The standard InChI is InChI=1S/C20H27ClN4S.HI/c1-2-22-20(23-12-9-16-5-7-17(21)8-6-16)24-18-10-13-25(14-11-18)19-4-3-15-26-19;/h3-8,15,18H,2,9-14H2,1H3,(H2,22,23,24);1H. The summed E-state index contributed by atoms with van der Waals surface area (Å²) in [6.45, 7) is 5.95. The molecule has 27 heavy (non-hydrogen) atoms. The molecule has 2 N–H and O–H groups in total. The number of anilines is 1. The Morgan fingerprint density at radius 2 is 1.96 bits per heavy atom. The molecule has 0 spiro atoms. The van der Waals surface area contributed by atoms with Crippen LogP contribution < -0.4 is 15.5 Å². The van der Waals surface area contributed by atoms with Crippen LogP contribution in [0.3, 0.4) is 0 Å². The van der Waals surface area contributed by atoms with Crippen molar-refractivity contribution in [3.8, 4) is 0 Å². The lowest BCUT2D eigenvalue weighted by Crippen LogP contribution is -2.48. The van der Waals surface area contributed by atoms with E-state index in [1.54, 1.807) is 0 Å². The molecule has 148 valence electrons. The van der Waals surface area contributed by atoms with Gasteiger partial charge in [0.15, 0.2) is 5.96 Å². The van der Waals surface area contributed by atoms with Crippen molar-refractivity contribution in [2.75, 3.05) is 31.1 Å². The van der Waals surface area contributed by atoms with E-state index in [0.717, 1.165) is 56.4 Å². The molecule has 0 unspecified atom stereocenters. The second-order valence-corrected chi connectivity index (χ2v) is 7.86. The molecule has 1 fully saturated rings. The number of hydrogen-bond acceptors (Lipinski definition) is 3. The Morgan fingerprint density at radius 3 is 2.59 bits per heavy atom. The number of piperidine rings is 1. The third-order valence-electron chi connectivity index (χ3n) is 4.58. The number of nitrogens with one attached hydrogen (secondary N) is 2. The maximum Gasteiger partial charge on any atom is 0.191 e. The number of guanidine groups is 1. The number of aliphatic imine (C=N–C) groups is 1. The average molecular weight is 519 g/mol. The Bertz CT molecular complexity index is 683. The van der Waals surface area contributed by atoms with Gasteiger partial charge >= 0.3 is 0 Å². The van der Waals surface area contributed by atoms with Crippen LogP contribution in [0.4, 0.5) is 5.00 Å². The van der Waals surface area contributed by atoms with Gasteiger partial charge in [-0.1, -0.05) is 23.7 Å². The minimum atomic E-state index is 0. The normalized spacial score (nSPS) is 15.3. The summed E-state index contributed by atoms with van der Waals surface area (Å²) in [6, 6.07) is 12.8. The monoisotopic (exact) mass is 518 g/mol. The fraction of sp³-hybridized carbons (Fsp3) is 0.450. The van der Waals surface area contributed by atoms with Crippen molar-refractivity contribution in [3.63, 3.8) is 0 Å². The van der Waals surface area contributed by atoms with Gasteiger partial charge in [0.1, 0.15) is 0 Å². The first-order chi connectivity index (χ1) is 12.7. The summed E-state index contributed by atoms with van der Waals surface area (Å²) in [6.07, 6.45) is 3.20. The molecule has 1 aliphatic rings. The van der Waals surface area contributed by atoms with Gasteiger partial charge < -0.3 is 15.5 Å². The van der Waals surface area contributed by atoms with Crippen molar-refractivity contribution < 1.29 is 0 Å². The molecule has 3 rings (SSSR count). The summed E-state index contributed by atoms with van der Waals surface area (Å²) in [7, 11) is 0. The van der Waals surface area contributed by atoms with E-state index in [1.807, 2.05) is 23.5 Å². The summed E-state index contributed by atoms with van der Waals surface area (Å²) in [5.41, 5.74) is 1.26. The number of thiophene rings is 1. The van der Waals surface area contributed by atoms with E-state index in [4.69, 9.17) is 16.6 Å². The molecule has 7 heteroatoms. The number of hydrogen-bond donors (Lipinski definition) is 2. The van der Waals surface area contributed by atoms with E-state index in [0.29, 0.717) is 6.04 Å². The van der Waals surface area contributed by atoms with E-state index >= 15 is 0 Å². The number of benzene rings is 1. The van der Waals surface area contributed by atoms with E-state index in [9.17, 15) is 0 Å². The molecule has 0 radical (unpaired) electrons. The van der Waals surface area contributed by atoms with Crippen molar-refractivity contribution in [2.24, 2.45) is 4.99 Å². The highest BCUT2D eigenvalue weighted by Crippen LogP contribution is 2.24. The Labute approximate surface area is 188 Å². The van der Waals surface area contributed by atoms with Gasteiger partial charge in [-0.2, -0.15) is 0 Å². The van der Waals surface area contributed by atoms with Gasteiger partial charge in [0, 0.05) is 37.2 Å². The van der Waals surface area contributed by atoms with Gasteiger partial charge in [-0.25, -0.2) is 0 Å². The van der Waals surface area contributed by atoms with Crippen molar-refractivity contribution >= 4 is 57.9 Å².